The average molecular weight is 249 g/mol. The highest BCUT2D eigenvalue weighted by Crippen LogP contribution is 2.26. The summed E-state index contributed by atoms with van der Waals surface area (Å²) in [5.41, 5.74) is 5.92. The summed E-state index contributed by atoms with van der Waals surface area (Å²) < 4.78 is 5.76. The number of nitrogens with two attached hydrogens (primary N) is 1. The maximum absolute atomic E-state index is 5.92. The van der Waals surface area contributed by atoms with Gasteiger partial charge in [0.15, 0.2) is 11.6 Å². The molecule has 4 nitrogen and oxygen atoms in total. The van der Waals surface area contributed by atoms with E-state index in [1.54, 1.807) is 6.20 Å². The summed E-state index contributed by atoms with van der Waals surface area (Å²) in [6, 6.07) is 4.70. The van der Waals surface area contributed by atoms with Gasteiger partial charge in [-0.3, -0.25) is 0 Å². The van der Waals surface area contributed by atoms with E-state index in [4.69, 9.17) is 10.5 Å². The van der Waals surface area contributed by atoms with Gasteiger partial charge in [0.25, 0.3) is 0 Å². The molecule has 18 heavy (non-hydrogen) atoms. The summed E-state index contributed by atoms with van der Waals surface area (Å²) in [6.07, 6.45) is 6.35. The minimum Gasteiger partial charge on any atom is -0.487 e. The zero-order valence-corrected chi connectivity index (χ0v) is 11.2. The standard InChI is InChI=1S/C14H23N3O/c1-10(2)18-13-4-3-9-16-14(13)17-12-7-5-11(15)6-8-12/h3-4,9-12H,5-8,15H2,1-2H3,(H,16,17). The minimum atomic E-state index is 0.162. The van der Waals surface area contributed by atoms with Crippen molar-refractivity contribution in [2.24, 2.45) is 5.73 Å². The molecule has 3 N–H and O–H groups in total. The Bertz CT molecular complexity index is 373. The second kappa shape index (κ2) is 6.05. The highest BCUT2D eigenvalue weighted by Gasteiger charge is 2.19. The van der Waals surface area contributed by atoms with Gasteiger partial charge >= 0.3 is 0 Å². The Morgan fingerprint density at radius 2 is 2.06 bits per heavy atom. The number of pyridine rings is 1. The van der Waals surface area contributed by atoms with Gasteiger partial charge in [-0.25, -0.2) is 4.98 Å². The van der Waals surface area contributed by atoms with Crippen LogP contribution in [-0.2, 0) is 0 Å². The Morgan fingerprint density at radius 1 is 1.33 bits per heavy atom. The molecule has 0 saturated heterocycles. The second-order valence-electron chi connectivity index (χ2n) is 5.27. The van der Waals surface area contributed by atoms with E-state index in [-0.39, 0.29) is 6.10 Å². The highest BCUT2D eigenvalue weighted by atomic mass is 16.5. The van der Waals surface area contributed by atoms with Crippen LogP contribution in [-0.4, -0.2) is 23.2 Å². The lowest BCUT2D eigenvalue weighted by Gasteiger charge is -2.28. The molecule has 0 atom stereocenters. The van der Waals surface area contributed by atoms with E-state index in [2.05, 4.69) is 10.3 Å². The van der Waals surface area contributed by atoms with Crippen LogP contribution >= 0.6 is 0 Å². The maximum atomic E-state index is 5.92. The van der Waals surface area contributed by atoms with Crippen molar-refractivity contribution >= 4 is 5.82 Å². The summed E-state index contributed by atoms with van der Waals surface area (Å²) in [7, 11) is 0. The van der Waals surface area contributed by atoms with Crippen molar-refractivity contribution in [3.63, 3.8) is 0 Å². The molecule has 0 bridgehead atoms. The van der Waals surface area contributed by atoms with Gasteiger partial charge < -0.3 is 15.8 Å². The van der Waals surface area contributed by atoms with Gasteiger partial charge in [0, 0.05) is 18.3 Å². The van der Waals surface area contributed by atoms with E-state index in [0.717, 1.165) is 37.3 Å². The van der Waals surface area contributed by atoms with Crippen molar-refractivity contribution < 1.29 is 4.74 Å². The predicted octanol–water partition coefficient (Wildman–Crippen LogP) is 2.55. The summed E-state index contributed by atoms with van der Waals surface area (Å²) >= 11 is 0. The molecule has 4 heteroatoms. The SMILES string of the molecule is CC(C)Oc1cccnc1NC1CCC(N)CC1. The first-order valence-corrected chi connectivity index (χ1v) is 6.79. The van der Waals surface area contributed by atoms with Gasteiger partial charge in [-0.15, -0.1) is 0 Å². The molecule has 1 aromatic heterocycles. The first-order chi connectivity index (χ1) is 8.65. The van der Waals surface area contributed by atoms with Crippen LogP contribution in [0.1, 0.15) is 39.5 Å². The van der Waals surface area contributed by atoms with Gasteiger partial charge in [0.1, 0.15) is 0 Å². The fraction of sp³-hybridized carbons (Fsp3) is 0.643. The Kier molecular flexibility index (Phi) is 4.42. The van der Waals surface area contributed by atoms with Crippen molar-refractivity contribution in [3.05, 3.63) is 18.3 Å². The molecule has 0 aliphatic heterocycles. The molecule has 2 rings (SSSR count). The number of ether oxygens (including phenoxy) is 1. The van der Waals surface area contributed by atoms with Crippen LogP contribution in [0.15, 0.2) is 18.3 Å². The van der Waals surface area contributed by atoms with Crippen LogP contribution in [0, 0.1) is 0 Å². The Hall–Kier alpha value is -1.29. The van der Waals surface area contributed by atoms with Crippen LogP contribution < -0.4 is 15.8 Å². The topological polar surface area (TPSA) is 60.2 Å². The van der Waals surface area contributed by atoms with Crippen molar-refractivity contribution in [2.75, 3.05) is 5.32 Å². The monoisotopic (exact) mass is 249 g/mol. The lowest BCUT2D eigenvalue weighted by atomic mass is 9.92. The van der Waals surface area contributed by atoms with E-state index in [0.29, 0.717) is 12.1 Å². The molecule has 0 aromatic carbocycles. The largest absolute Gasteiger partial charge is 0.487 e. The molecule has 0 unspecified atom stereocenters. The summed E-state index contributed by atoms with van der Waals surface area (Å²) in [5, 5.41) is 3.48. The lowest BCUT2D eigenvalue weighted by Crippen LogP contribution is -2.33. The maximum Gasteiger partial charge on any atom is 0.168 e. The lowest BCUT2D eigenvalue weighted by molar-refractivity contribution is 0.242. The molecule has 1 aliphatic rings. The highest BCUT2D eigenvalue weighted by molar-refractivity contribution is 5.50. The fourth-order valence-electron chi connectivity index (χ4n) is 2.30. The van der Waals surface area contributed by atoms with Crippen LogP contribution in [0.3, 0.4) is 0 Å². The Morgan fingerprint density at radius 3 is 2.72 bits per heavy atom. The summed E-state index contributed by atoms with van der Waals surface area (Å²) in [4.78, 5) is 4.38. The van der Waals surface area contributed by atoms with Crippen molar-refractivity contribution in [3.8, 4) is 5.75 Å². The molecule has 0 amide bonds. The number of rotatable bonds is 4. The van der Waals surface area contributed by atoms with Gasteiger partial charge in [0.2, 0.25) is 0 Å². The number of hydrogen-bond donors (Lipinski definition) is 2. The van der Waals surface area contributed by atoms with Crippen molar-refractivity contribution in [1.82, 2.24) is 4.98 Å². The van der Waals surface area contributed by atoms with Gasteiger partial charge in [-0.1, -0.05) is 0 Å². The molecular formula is C14H23N3O. The zero-order chi connectivity index (χ0) is 13.0. The van der Waals surface area contributed by atoms with E-state index in [1.807, 2.05) is 26.0 Å². The molecule has 1 saturated carbocycles. The molecule has 1 heterocycles. The second-order valence-corrected chi connectivity index (χ2v) is 5.27. The number of nitrogens with one attached hydrogen (secondary N) is 1. The third-order valence-electron chi connectivity index (χ3n) is 3.25. The first kappa shape index (κ1) is 13.1. The van der Waals surface area contributed by atoms with E-state index < -0.39 is 0 Å². The van der Waals surface area contributed by atoms with E-state index in [1.165, 1.54) is 0 Å². The Labute approximate surface area is 109 Å². The quantitative estimate of drug-likeness (QED) is 0.861. The molecule has 0 spiro atoms. The van der Waals surface area contributed by atoms with E-state index in [9.17, 15) is 0 Å². The number of anilines is 1. The number of nitrogens with zero attached hydrogens (tertiary/aromatic N) is 1. The van der Waals surface area contributed by atoms with Gasteiger partial charge in [0.05, 0.1) is 6.10 Å². The summed E-state index contributed by atoms with van der Waals surface area (Å²) in [5.74, 6) is 1.69. The van der Waals surface area contributed by atoms with Crippen LogP contribution in [0.5, 0.6) is 5.75 Å². The molecule has 1 fully saturated rings. The molecule has 1 aromatic rings. The minimum absolute atomic E-state index is 0.162. The Balaban J connectivity index is 2.00. The third-order valence-corrected chi connectivity index (χ3v) is 3.25. The first-order valence-electron chi connectivity index (χ1n) is 6.79. The zero-order valence-electron chi connectivity index (χ0n) is 11.2. The predicted molar refractivity (Wildman–Crippen MR) is 73.9 cm³/mol. The van der Waals surface area contributed by atoms with Crippen LogP contribution in [0.4, 0.5) is 5.82 Å². The molecular weight excluding hydrogens is 226 g/mol. The fourth-order valence-corrected chi connectivity index (χ4v) is 2.30. The molecule has 100 valence electrons. The third kappa shape index (κ3) is 3.60. The van der Waals surface area contributed by atoms with Crippen molar-refractivity contribution in [2.45, 2.75) is 57.7 Å². The normalized spacial score (nSPS) is 24.0. The van der Waals surface area contributed by atoms with E-state index >= 15 is 0 Å². The smallest absolute Gasteiger partial charge is 0.168 e. The molecule has 0 radical (unpaired) electrons. The number of hydrogen-bond acceptors (Lipinski definition) is 4. The van der Waals surface area contributed by atoms with Crippen LogP contribution in [0.2, 0.25) is 0 Å². The van der Waals surface area contributed by atoms with Gasteiger partial charge in [-0.05, 0) is 51.7 Å². The molecule has 1 aliphatic carbocycles. The number of aromatic nitrogens is 1. The average Bonchev–Trinajstić information content (AvgIpc) is 2.34. The van der Waals surface area contributed by atoms with Crippen LogP contribution in [0.25, 0.3) is 0 Å². The summed E-state index contributed by atoms with van der Waals surface area (Å²) in [6.45, 7) is 4.05. The van der Waals surface area contributed by atoms with Crippen molar-refractivity contribution in [1.29, 1.82) is 0 Å². The van der Waals surface area contributed by atoms with Gasteiger partial charge in [-0.2, -0.15) is 0 Å².